The Morgan fingerprint density at radius 3 is 2.90 bits per heavy atom. The van der Waals surface area contributed by atoms with Crippen LogP contribution < -0.4 is 4.90 Å². The zero-order valence-corrected chi connectivity index (χ0v) is 18.5. The summed E-state index contributed by atoms with van der Waals surface area (Å²) in [7, 11) is 0. The Hall–Kier alpha value is -2.55. The molecular formula is C21H26N6O2S. The van der Waals surface area contributed by atoms with Gasteiger partial charge >= 0.3 is 5.97 Å². The van der Waals surface area contributed by atoms with Gasteiger partial charge in [-0.25, -0.2) is 14.8 Å². The molecule has 0 spiro atoms. The number of fused-ring (bicyclic) bond motifs is 2. The summed E-state index contributed by atoms with van der Waals surface area (Å²) in [5.74, 6) is 3.94. The minimum Gasteiger partial charge on any atom is -0.462 e. The topological polar surface area (TPSA) is 86.0 Å². The summed E-state index contributed by atoms with van der Waals surface area (Å²) in [4.78, 5) is 25.7. The highest BCUT2D eigenvalue weighted by molar-refractivity contribution is 7.20. The first-order valence-corrected chi connectivity index (χ1v) is 11.5. The number of aromatic nitrogens is 5. The van der Waals surface area contributed by atoms with Gasteiger partial charge in [0.1, 0.15) is 33.0 Å². The molecule has 3 aromatic rings. The molecule has 0 aromatic carbocycles. The Morgan fingerprint density at radius 2 is 2.07 bits per heavy atom. The Morgan fingerprint density at radius 1 is 1.20 bits per heavy atom. The van der Waals surface area contributed by atoms with Crippen molar-refractivity contribution >= 4 is 33.3 Å². The van der Waals surface area contributed by atoms with Crippen molar-refractivity contribution < 1.29 is 9.53 Å². The van der Waals surface area contributed by atoms with Crippen LogP contribution in [0.5, 0.6) is 0 Å². The number of carbonyl (C=O) groups is 1. The van der Waals surface area contributed by atoms with E-state index in [2.05, 4.69) is 24.6 Å². The van der Waals surface area contributed by atoms with E-state index in [1.807, 2.05) is 20.8 Å². The number of thiophene rings is 1. The van der Waals surface area contributed by atoms with Crippen LogP contribution in [-0.2, 0) is 17.7 Å². The molecule has 0 N–H and O–H groups in total. The number of ether oxygens (including phenoxy) is 1. The second-order valence-corrected chi connectivity index (χ2v) is 9.07. The third-order valence-corrected chi connectivity index (χ3v) is 7.23. The maximum atomic E-state index is 12.4. The number of nitrogens with zero attached hydrogens (tertiary/aromatic N) is 6. The molecular weight excluding hydrogens is 400 g/mol. The van der Waals surface area contributed by atoms with Gasteiger partial charge in [0, 0.05) is 32.0 Å². The SMILES string of the molecule is CCOC(=O)c1sc2nc(C)nc(N3CCCC(c4nnc5n4CCC5)C3)c2c1C. The quantitative estimate of drug-likeness (QED) is 0.591. The molecule has 1 fully saturated rings. The Kier molecular flexibility index (Phi) is 4.92. The molecule has 158 valence electrons. The zero-order valence-electron chi connectivity index (χ0n) is 17.6. The molecule has 2 aliphatic rings. The molecule has 30 heavy (non-hydrogen) atoms. The molecule has 5 rings (SSSR count). The highest BCUT2D eigenvalue weighted by atomic mass is 32.1. The first-order chi connectivity index (χ1) is 14.6. The van der Waals surface area contributed by atoms with Crippen molar-refractivity contribution in [3.63, 3.8) is 0 Å². The van der Waals surface area contributed by atoms with Crippen LogP contribution in [0.4, 0.5) is 5.82 Å². The van der Waals surface area contributed by atoms with Gasteiger partial charge in [-0.15, -0.1) is 21.5 Å². The lowest BCUT2D eigenvalue weighted by molar-refractivity contribution is 0.0531. The normalized spacial score (nSPS) is 18.8. The van der Waals surface area contributed by atoms with Gasteiger partial charge in [-0.2, -0.15) is 0 Å². The van der Waals surface area contributed by atoms with Gasteiger partial charge in [0.05, 0.1) is 12.0 Å². The number of esters is 1. The van der Waals surface area contributed by atoms with Crippen molar-refractivity contribution in [3.05, 3.63) is 27.9 Å². The van der Waals surface area contributed by atoms with E-state index < -0.39 is 0 Å². The predicted molar refractivity (Wildman–Crippen MR) is 115 cm³/mol. The van der Waals surface area contributed by atoms with Crippen LogP contribution in [0.25, 0.3) is 10.2 Å². The van der Waals surface area contributed by atoms with Crippen LogP contribution in [0.1, 0.15) is 64.8 Å². The van der Waals surface area contributed by atoms with Crippen LogP contribution in [0.3, 0.4) is 0 Å². The minimum absolute atomic E-state index is 0.280. The smallest absolute Gasteiger partial charge is 0.348 e. The number of carbonyl (C=O) groups excluding carboxylic acids is 1. The van der Waals surface area contributed by atoms with E-state index in [9.17, 15) is 4.79 Å². The van der Waals surface area contributed by atoms with Crippen molar-refractivity contribution in [2.45, 2.75) is 58.9 Å². The second-order valence-electron chi connectivity index (χ2n) is 8.07. The maximum Gasteiger partial charge on any atom is 0.348 e. The molecule has 3 aromatic heterocycles. The van der Waals surface area contributed by atoms with Crippen LogP contribution in [0.2, 0.25) is 0 Å². The van der Waals surface area contributed by atoms with E-state index in [1.165, 1.54) is 11.3 Å². The first kappa shape index (κ1) is 19.4. The van der Waals surface area contributed by atoms with Crippen LogP contribution >= 0.6 is 11.3 Å². The van der Waals surface area contributed by atoms with Gasteiger partial charge in [0.2, 0.25) is 0 Å². The summed E-state index contributed by atoms with van der Waals surface area (Å²) in [6, 6.07) is 0. The van der Waals surface area contributed by atoms with E-state index in [1.54, 1.807) is 0 Å². The Labute approximate surface area is 179 Å². The van der Waals surface area contributed by atoms with Crippen molar-refractivity contribution in [2.24, 2.45) is 0 Å². The molecule has 8 nitrogen and oxygen atoms in total. The second kappa shape index (κ2) is 7.61. The lowest BCUT2D eigenvalue weighted by atomic mass is 9.96. The van der Waals surface area contributed by atoms with Crippen LogP contribution in [-0.4, -0.2) is 50.4 Å². The van der Waals surface area contributed by atoms with Crippen molar-refractivity contribution in [3.8, 4) is 0 Å². The van der Waals surface area contributed by atoms with E-state index >= 15 is 0 Å². The highest BCUT2D eigenvalue weighted by Crippen LogP contribution is 2.38. The molecule has 0 saturated carbocycles. The molecule has 0 aliphatic carbocycles. The fourth-order valence-corrected chi connectivity index (χ4v) is 5.81. The summed E-state index contributed by atoms with van der Waals surface area (Å²) >= 11 is 1.40. The number of hydrogen-bond acceptors (Lipinski definition) is 8. The molecule has 1 unspecified atom stereocenters. The van der Waals surface area contributed by atoms with Crippen molar-refractivity contribution in [1.29, 1.82) is 0 Å². The van der Waals surface area contributed by atoms with E-state index in [4.69, 9.17) is 9.72 Å². The summed E-state index contributed by atoms with van der Waals surface area (Å²) in [5, 5.41) is 9.91. The molecule has 1 atom stereocenters. The van der Waals surface area contributed by atoms with E-state index in [-0.39, 0.29) is 5.97 Å². The monoisotopic (exact) mass is 426 g/mol. The largest absolute Gasteiger partial charge is 0.462 e. The van der Waals surface area contributed by atoms with Crippen molar-refractivity contribution in [2.75, 3.05) is 24.6 Å². The summed E-state index contributed by atoms with van der Waals surface area (Å²) in [5.41, 5.74) is 0.911. The summed E-state index contributed by atoms with van der Waals surface area (Å²) in [6.45, 7) is 8.89. The number of aryl methyl sites for hydroxylation is 3. The highest BCUT2D eigenvalue weighted by Gasteiger charge is 2.31. The molecule has 9 heteroatoms. The molecule has 1 saturated heterocycles. The molecule has 0 radical (unpaired) electrons. The average molecular weight is 427 g/mol. The van der Waals surface area contributed by atoms with Gasteiger partial charge in [0.15, 0.2) is 0 Å². The van der Waals surface area contributed by atoms with Gasteiger partial charge in [-0.1, -0.05) is 0 Å². The summed E-state index contributed by atoms with van der Waals surface area (Å²) in [6.07, 6.45) is 4.37. The molecule has 2 aliphatic heterocycles. The van der Waals surface area contributed by atoms with Gasteiger partial charge in [-0.3, -0.25) is 0 Å². The maximum absolute atomic E-state index is 12.4. The molecule has 5 heterocycles. The number of hydrogen-bond donors (Lipinski definition) is 0. The first-order valence-electron chi connectivity index (χ1n) is 10.7. The average Bonchev–Trinajstić information content (AvgIpc) is 3.42. The fourth-order valence-electron chi connectivity index (χ4n) is 4.70. The molecule has 0 amide bonds. The third kappa shape index (κ3) is 3.15. The van der Waals surface area contributed by atoms with Crippen LogP contribution in [0, 0.1) is 13.8 Å². The number of rotatable bonds is 4. The summed E-state index contributed by atoms with van der Waals surface area (Å²) < 4.78 is 7.56. The number of anilines is 1. The lowest BCUT2D eigenvalue weighted by Gasteiger charge is -2.33. The minimum atomic E-state index is -0.280. The van der Waals surface area contributed by atoms with Gasteiger partial charge in [-0.05, 0) is 45.6 Å². The lowest BCUT2D eigenvalue weighted by Crippen LogP contribution is -2.36. The van der Waals surface area contributed by atoms with Gasteiger partial charge < -0.3 is 14.2 Å². The Balaban J connectivity index is 1.52. The molecule has 0 bridgehead atoms. The Bertz CT molecular complexity index is 1120. The zero-order chi connectivity index (χ0) is 20.8. The van der Waals surface area contributed by atoms with E-state index in [0.29, 0.717) is 17.4 Å². The van der Waals surface area contributed by atoms with Crippen LogP contribution in [0.15, 0.2) is 0 Å². The fraction of sp³-hybridized carbons (Fsp3) is 0.571. The van der Waals surface area contributed by atoms with Gasteiger partial charge in [0.25, 0.3) is 0 Å². The van der Waals surface area contributed by atoms with Crippen molar-refractivity contribution in [1.82, 2.24) is 24.7 Å². The number of piperidine rings is 1. The predicted octanol–water partition coefficient (Wildman–Crippen LogP) is 3.41. The standard InChI is InChI=1S/C21H26N6O2S/c1-4-29-21(28)17-12(2)16-19(22-13(3)23-20(16)30-17)26-9-5-7-14(11-26)18-25-24-15-8-6-10-27(15)18/h14H,4-11H2,1-3H3. The third-order valence-electron chi connectivity index (χ3n) is 6.07. The van der Waals surface area contributed by atoms with E-state index in [0.717, 1.165) is 84.4 Å².